The molecule has 7 nitrogen and oxygen atoms in total. The van der Waals surface area contributed by atoms with Gasteiger partial charge in [-0.3, -0.25) is 9.59 Å². The molecule has 0 unspecified atom stereocenters. The first kappa shape index (κ1) is 18.6. The third-order valence-corrected chi connectivity index (χ3v) is 5.19. The predicted octanol–water partition coefficient (Wildman–Crippen LogP) is 1.52. The van der Waals surface area contributed by atoms with Crippen LogP contribution in [0, 0.1) is 6.92 Å². The van der Waals surface area contributed by atoms with Crippen molar-refractivity contribution in [3.8, 4) is 0 Å². The first-order valence-corrected chi connectivity index (χ1v) is 8.56. The normalized spacial score (nSPS) is 21.4. The van der Waals surface area contributed by atoms with Gasteiger partial charge in [0.25, 0.3) is 11.8 Å². The first-order valence-electron chi connectivity index (χ1n) is 8.56. The highest BCUT2D eigenvalue weighted by Crippen LogP contribution is 2.36. The van der Waals surface area contributed by atoms with E-state index in [1.54, 1.807) is 18.2 Å². The number of nitrogens with zero attached hydrogens (tertiary/aromatic N) is 1. The number of amides is 2. The predicted molar refractivity (Wildman–Crippen MR) is 93.4 cm³/mol. The van der Waals surface area contributed by atoms with Crippen LogP contribution < -0.4 is 5.46 Å². The second kappa shape index (κ2) is 6.21. The number of carbonyl (C=O) groups is 3. The third kappa shape index (κ3) is 3.15. The Bertz CT molecular complexity index is 756. The fourth-order valence-electron chi connectivity index (χ4n) is 2.83. The molecule has 2 fully saturated rings. The largest absolute Gasteiger partial charge is 0.495 e. The average Bonchev–Trinajstić information content (AvgIpc) is 2.96. The zero-order chi connectivity index (χ0) is 19.3. The van der Waals surface area contributed by atoms with Crippen molar-refractivity contribution in [1.82, 2.24) is 5.06 Å². The third-order valence-electron chi connectivity index (χ3n) is 5.19. The number of hydrogen-bond acceptors (Lipinski definition) is 6. The van der Waals surface area contributed by atoms with Gasteiger partial charge in [-0.25, -0.2) is 4.79 Å². The number of rotatable bonds is 3. The highest BCUT2D eigenvalue weighted by molar-refractivity contribution is 6.62. The second-order valence-corrected chi connectivity index (χ2v) is 7.62. The van der Waals surface area contributed by atoms with Crippen molar-refractivity contribution >= 4 is 30.4 Å². The fraction of sp³-hybridized carbons (Fsp3) is 0.500. The summed E-state index contributed by atoms with van der Waals surface area (Å²) in [5.74, 6) is -1.76. The van der Waals surface area contributed by atoms with E-state index in [0.29, 0.717) is 5.06 Å². The maximum atomic E-state index is 12.3. The SMILES string of the molecule is Cc1cc(C(=O)ON2C(=O)CCC2=O)ccc1B1OC(C)(C)C(C)(C)O1. The Hall–Kier alpha value is -2.19. The molecule has 0 radical (unpaired) electrons. The molecule has 2 heterocycles. The van der Waals surface area contributed by atoms with Crippen LogP contribution in [-0.2, 0) is 23.7 Å². The molecule has 1 aromatic carbocycles. The summed E-state index contributed by atoms with van der Waals surface area (Å²) in [7, 11) is -0.535. The van der Waals surface area contributed by atoms with Gasteiger partial charge < -0.3 is 14.1 Å². The fourth-order valence-corrected chi connectivity index (χ4v) is 2.83. The van der Waals surface area contributed by atoms with E-state index in [1.807, 2.05) is 34.6 Å². The van der Waals surface area contributed by atoms with Gasteiger partial charge in [0.05, 0.1) is 16.8 Å². The number of benzene rings is 1. The summed E-state index contributed by atoms with van der Waals surface area (Å²) in [6, 6.07) is 4.94. The van der Waals surface area contributed by atoms with Gasteiger partial charge >= 0.3 is 13.1 Å². The van der Waals surface area contributed by atoms with Gasteiger partial charge in [-0.1, -0.05) is 11.6 Å². The van der Waals surface area contributed by atoms with Crippen molar-refractivity contribution in [2.45, 2.75) is 58.7 Å². The van der Waals surface area contributed by atoms with Gasteiger partial charge in [0.15, 0.2) is 0 Å². The van der Waals surface area contributed by atoms with Gasteiger partial charge in [0, 0.05) is 12.8 Å². The van der Waals surface area contributed by atoms with Crippen LogP contribution in [0.5, 0.6) is 0 Å². The van der Waals surface area contributed by atoms with Gasteiger partial charge in [-0.05, 0) is 52.2 Å². The van der Waals surface area contributed by atoms with E-state index in [0.717, 1.165) is 11.0 Å². The van der Waals surface area contributed by atoms with Crippen molar-refractivity contribution in [1.29, 1.82) is 0 Å². The van der Waals surface area contributed by atoms with E-state index in [1.165, 1.54) is 0 Å². The molecular formula is C18H22BNO6. The van der Waals surface area contributed by atoms with Crippen molar-refractivity contribution < 1.29 is 28.5 Å². The first-order chi connectivity index (χ1) is 12.0. The molecule has 138 valence electrons. The molecule has 0 saturated carbocycles. The van der Waals surface area contributed by atoms with Crippen LogP contribution in [0.15, 0.2) is 18.2 Å². The highest BCUT2D eigenvalue weighted by atomic mass is 16.7. The smallest absolute Gasteiger partial charge is 0.399 e. The Labute approximate surface area is 152 Å². The molecule has 8 heteroatoms. The quantitative estimate of drug-likeness (QED) is 0.601. The van der Waals surface area contributed by atoms with Gasteiger partial charge in [-0.15, -0.1) is 5.06 Å². The molecule has 1 aromatic rings. The monoisotopic (exact) mass is 359 g/mol. The van der Waals surface area contributed by atoms with Crippen LogP contribution >= 0.6 is 0 Å². The van der Waals surface area contributed by atoms with Crippen LogP contribution in [0.2, 0.25) is 0 Å². The molecule has 0 N–H and O–H groups in total. The molecule has 0 atom stereocenters. The summed E-state index contributed by atoms with van der Waals surface area (Å²) in [4.78, 5) is 40.3. The molecule has 2 aliphatic rings. The van der Waals surface area contributed by atoms with Crippen LogP contribution in [0.4, 0.5) is 0 Å². The molecule has 3 rings (SSSR count). The van der Waals surface area contributed by atoms with Crippen LogP contribution in [0.1, 0.15) is 56.5 Å². The Morgan fingerprint density at radius 3 is 2.12 bits per heavy atom. The zero-order valence-electron chi connectivity index (χ0n) is 15.6. The minimum absolute atomic E-state index is 0.0615. The summed E-state index contributed by atoms with van der Waals surface area (Å²) in [5, 5.41) is 0.541. The summed E-state index contributed by atoms with van der Waals surface area (Å²) in [6.45, 7) is 9.72. The molecule has 2 amide bonds. The summed E-state index contributed by atoms with van der Waals surface area (Å²) < 4.78 is 12.1. The molecule has 2 aliphatic heterocycles. The lowest BCUT2D eigenvalue weighted by Crippen LogP contribution is -2.41. The molecule has 0 aromatic heterocycles. The molecular weight excluding hydrogens is 337 g/mol. The number of aryl methyl sites for hydroxylation is 1. The molecule has 0 spiro atoms. The Balaban J connectivity index is 1.77. The van der Waals surface area contributed by atoms with Crippen LogP contribution in [0.3, 0.4) is 0 Å². The lowest BCUT2D eigenvalue weighted by molar-refractivity contribution is -0.172. The Morgan fingerprint density at radius 1 is 1.08 bits per heavy atom. The van der Waals surface area contributed by atoms with E-state index in [4.69, 9.17) is 14.1 Å². The number of hydroxylamine groups is 2. The Kier molecular flexibility index (Phi) is 4.44. The molecule has 0 aliphatic carbocycles. The van der Waals surface area contributed by atoms with Crippen molar-refractivity contribution in [2.24, 2.45) is 0 Å². The maximum absolute atomic E-state index is 12.3. The minimum Gasteiger partial charge on any atom is -0.399 e. The molecule has 0 bridgehead atoms. The lowest BCUT2D eigenvalue weighted by atomic mass is 9.76. The van der Waals surface area contributed by atoms with E-state index < -0.39 is 36.1 Å². The number of imide groups is 1. The number of carbonyl (C=O) groups excluding carboxylic acids is 3. The van der Waals surface area contributed by atoms with E-state index >= 15 is 0 Å². The summed E-state index contributed by atoms with van der Waals surface area (Å²) in [5.41, 5.74) is 0.928. The van der Waals surface area contributed by atoms with Crippen molar-refractivity contribution in [3.63, 3.8) is 0 Å². The number of hydrogen-bond donors (Lipinski definition) is 0. The van der Waals surface area contributed by atoms with Crippen molar-refractivity contribution in [3.05, 3.63) is 29.3 Å². The van der Waals surface area contributed by atoms with E-state index in [2.05, 4.69) is 0 Å². The van der Waals surface area contributed by atoms with E-state index in [-0.39, 0.29) is 18.4 Å². The minimum atomic E-state index is -0.753. The standard InChI is InChI=1S/C18H22BNO6/c1-11-10-12(16(23)24-20-14(21)8-9-15(20)22)6-7-13(11)19-25-17(2,3)18(4,5)26-19/h6-7,10H,8-9H2,1-5H3. The second-order valence-electron chi connectivity index (χ2n) is 7.62. The topological polar surface area (TPSA) is 82.1 Å². The van der Waals surface area contributed by atoms with Gasteiger partial charge in [-0.2, -0.15) is 0 Å². The van der Waals surface area contributed by atoms with Crippen LogP contribution in [0.25, 0.3) is 0 Å². The zero-order valence-corrected chi connectivity index (χ0v) is 15.6. The van der Waals surface area contributed by atoms with Crippen LogP contribution in [-0.4, -0.2) is 41.2 Å². The summed E-state index contributed by atoms with van der Waals surface area (Å²) in [6.07, 6.45) is 0.123. The highest BCUT2D eigenvalue weighted by Gasteiger charge is 2.52. The lowest BCUT2D eigenvalue weighted by Gasteiger charge is -2.32. The molecule has 26 heavy (non-hydrogen) atoms. The van der Waals surface area contributed by atoms with Gasteiger partial charge in [0.1, 0.15) is 0 Å². The maximum Gasteiger partial charge on any atom is 0.495 e. The summed E-state index contributed by atoms with van der Waals surface area (Å²) >= 11 is 0. The van der Waals surface area contributed by atoms with E-state index in [9.17, 15) is 14.4 Å². The molecule has 2 saturated heterocycles. The average molecular weight is 359 g/mol. The van der Waals surface area contributed by atoms with Gasteiger partial charge in [0.2, 0.25) is 0 Å². The Morgan fingerprint density at radius 2 is 1.62 bits per heavy atom. The van der Waals surface area contributed by atoms with Crippen molar-refractivity contribution in [2.75, 3.05) is 0 Å².